The van der Waals surface area contributed by atoms with Crippen LogP contribution in [0.3, 0.4) is 0 Å². The Morgan fingerprint density at radius 1 is 1.33 bits per heavy atom. The van der Waals surface area contributed by atoms with Crippen LogP contribution >= 0.6 is 46.7 Å². The lowest BCUT2D eigenvalue weighted by atomic mass is 10.3. The van der Waals surface area contributed by atoms with Gasteiger partial charge in [0.2, 0.25) is 0 Å². The van der Waals surface area contributed by atoms with Crippen LogP contribution in [0.15, 0.2) is 22.6 Å². The number of thiophene rings is 1. The van der Waals surface area contributed by atoms with Gasteiger partial charge in [0.15, 0.2) is 5.96 Å². The molecule has 0 spiro atoms. The van der Waals surface area contributed by atoms with E-state index in [1.54, 1.807) is 22.7 Å². The molecule has 116 valence electrons. The Balaban J connectivity index is 0.00000220. The highest BCUT2D eigenvalue weighted by atomic mass is 127. The molecule has 2 heterocycles. The van der Waals surface area contributed by atoms with Crippen molar-refractivity contribution in [3.05, 3.63) is 38.0 Å². The SMILES string of the molecule is CCNC(=NCc1sccc1C)NCc1ncc(C)s1.I. The van der Waals surface area contributed by atoms with Crippen LogP contribution in [0.4, 0.5) is 0 Å². The number of halogens is 1. The van der Waals surface area contributed by atoms with E-state index in [4.69, 9.17) is 0 Å². The second-order valence-corrected chi connectivity index (χ2v) is 6.76. The van der Waals surface area contributed by atoms with Gasteiger partial charge < -0.3 is 10.6 Å². The van der Waals surface area contributed by atoms with E-state index >= 15 is 0 Å². The fourth-order valence-electron chi connectivity index (χ4n) is 1.70. The molecule has 2 aromatic heterocycles. The zero-order valence-corrected chi connectivity index (χ0v) is 16.4. The zero-order chi connectivity index (χ0) is 14.4. The van der Waals surface area contributed by atoms with E-state index in [-0.39, 0.29) is 24.0 Å². The van der Waals surface area contributed by atoms with E-state index in [0.717, 1.165) is 24.1 Å². The Hall–Kier alpha value is -0.670. The molecular weight excluding hydrogens is 415 g/mol. The summed E-state index contributed by atoms with van der Waals surface area (Å²) in [6.07, 6.45) is 1.90. The van der Waals surface area contributed by atoms with Gasteiger partial charge in [0.25, 0.3) is 0 Å². The maximum absolute atomic E-state index is 4.62. The van der Waals surface area contributed by atoms with Crippen LogP contribution in [0.1, 0.15) is 27.2 Å². The first-order chi connectivity index (χ1) is 9.69. The number of aromatic nitrogens is 1. The minimum Gasteiger partial charge on any atom is -0.357 e. The Labute approximate surface area is 151 Å². The standard InChI is InChI=1S/C14H20N4S2.HI/c1-4-15-14(17-8-12-10(2)5-6-19-12)18-9-13-16-7-11(3)20-13;/h5-7H,4,8-9H2,1-3H3,(H2,15,17,18);1H. The third kappa shape index (κ3) is 5.91. The zero-order valence-electron chi connectivity index (χ0n) is 12.5. The lowest BCUT2D eigenvalue weighted by Crippen LogP contribution is -2.36. The molecule has 2 aromatic rings. The number of nitrogens with zero attached hydrogens (tertiary/aromatic N) is 2. The summed E-state index contributed by atoms with van der Waals surface area (Å²) in [6, 6.07) is 2.13. The van der Waals surface area contributed by atoms with Crippen molar-refractivity contribution < 1.29 is 0 Å². The van der Waals surface area contributed by atoms with Gasteiger partial charge >= 0.3 is 0 Å². The van der Waals surface area contributed by atoms with E-state index < -0.39 is 0 Å². The Morgan fingerprint density at radius 2 is 2.14 bits per heavy atom. The smallest absolute Gasteiger partial charge is 0.191 e. The Kier molecular flexibility index (Phi) is 8.20. The van der Waals surface area contributed by atoms with Crippen molar-refractivity contribution in [2.45, 2.75) is 33.9 Å². The highest BCUT2D eigenvalue weighted by Crippen LogP contribution is 2.16. The molecule has 0 saturated heterocycles. The minimum absolute atomic E-state index is 0. The van der Waals surface area contributed by atoms with Crippen LogP contribution in [-0.4, -0.2) is 17.5 Å². The number of rotatable bonds is 5. The van der Waals surface area contributed by atoms with Crippen molar-refractivity contribution >= 4 is 52.6 Å². The van der Waals surface area contributed by atoms with Gasteiger partial charge in [-0.1, -0.05) is 0 Å². The molecule has 0 aliphatic rings. The molecule has 0 amide bonds. The lowest BCUT2D eigenvalue weighted by molar-refractivity contribution is 0.812. The normalized spacial score (nSPS) is 11.1. The van der Waals surface area contributed by atoms with Crippen LogP contribution in [0.5, 0.6) is 0 Å². The van der Waals surface area contributed by atoms with E-state index in [0.29, 0.717) is 6.54 Å². The molecule has 2 N–H and O–H groups in total. The van der Waals surface area contributed by atoms with Gasteiger partial charge in [0.1, 0.15) is 5.01 Å². The topological polar surface area (TPSA) is 49.3 Å². The van der Waals surface area contributed by atoms with Crippen molar-refractivity contribution in [2.24, 2.45) is 4.99 Å². The van der Waals surface area contributed by atoms with Crippen LogP contribution < -0.4 is 10.6 Å². The third-order valence-corrected chi connectivity index (χ3v) is 4.69. The molecule has 0 aromatic carbocycles. The highest BCUT2D eigenvalue weighted by Gasteiger charge is 2.03. The molecule has 0 radical (unpaired) electrons. The predicted molar refractivity (Wildman–Crippen MR) is 103 cm³/mol. The Morgan fingerprint density at radius 3 is 2.71 bits per heavy atom. The van der Waals surface area contributed by atoms with E-state index in [1.807, 2.05) is 6.20 Å². The fourth-order valence-corrected chi connectivity index (χ4v) is 3.26. The molecule has 7 heteroatoms. The van der Waals surface area contributed by atoms with Crippen LogP contribution in [0, 0.1) is 13.8 Å². The first-order valence-electron chi connectivity index (χ1n) is 6.65. The van der Waals surface area contributed by atoms with Gasteiger partial charge in [-0.05, 0) is 37.8 Å². The van der Waals surface area contributed by atoms with Crippen molar-refractivity contribution in [2.75, 3.05) is 6.54 Å². The monoisotopic (exact) mass is 436 g/mol. The summed E-state index contributed by atoms with van der Waals surface area (Å²) in [7, 11) is 0. The van der Waals surface area contributed by atoms with Crippen molar-refractivity contribution in [1.82, 2.24) is 15.6 Å². The number of hydrogen-bond donors (Lipinski definition) is 2. The summed E-state index contributed by atoms with van der Waals surface area (Å²) < 4.78 is 0. The predicted octanol–water partition coefficient (Wildman–Crippen LogP) is 3.69. The van der Waals surface area contributed by atoms with Gasteiger partial charge in [-0.15, -0.1) is 46.7 Å². The number of nitrogens with one attached hydrogen (secondary N) is 2. The van der Waals surface area contributed by atoms with Crippen molar-refractivity contribution in [3.63, 3.8) is 0 Å². The van der Waals surface area contributed by atoms with E-state index in [1.165, 1.54) is 15.3 Å². The summed E-state index contributed by atoms with van der Waals surface area (Å²) in [4.78, 5) is 11.5. The average Bonchev–Trinajstić information content (AvgIpc) is 3.02. The van der Waals surface area contributed by atoms with Gasteiger partial charge in [0, 0.05) is 22.5 Å². The molecule has 0 aliphatic heterocycles. The van der Waals surface area contributed by atoms with Crippen molar-refractivity contribution in [1.29, 1.82) is 0 Å². The number of hydrogen-bond acceptors (Lipinski definition) is 4. The van der Waals surface area contributed by atoms with Crippen molar-refractivity contribution in [3.8, 4) is 0 Å². The summed E-state index contributed by atoms with van der Waals surface area (Å²) in [5, 5.41) is 9.78. The second kappa shape index (κ2) is 9.37. The van der Waals surface area contributed by atoms with Gasteiger partial charge in [-0.2, -0.15) is 0 Å². The van der Waals surface area contributed by atoms with Gasteiger partial charge in [-0.3, -0.25) is 0 Å². The molecule has 0 fully saturated rings. The largest absolute Gasteiger partial charge is 0.357 e. The number of aliphatic imine (C=N–C) groups is 1. The molecule has 21 heavy (non-hydrogen) atoms. The fraction of sp³-hybridized carbons (Fsp3) is 0.429. The maximum Gasteiger partial charge on any atom is 0.191 e. The summed E-state index contributed by atoms with van der Waals surface area (Å²) in [5.74, 6) is 0.841. The third-order valence-electron chi connectivity index (χ3n) is 2.77. The molecule has 2 rings (SSSR count). The molecule has 0 aliphatic carbocycles. The number of aryl methyl sites for hydroxylation is 2. The summed E-state index contributed by atoms with van der Waals surface area (Å²) in [6.45, 7) is 8.55. The summed E-state index contributed by atoms with van der Waals surface area (Å²) in [5.41, 5.74) is 1.31. The number of guanidine groups is 1. The minimum atomic E-state index is 0. The molecule has 0 unspecified atom stereocenters. The van der Waals surface area contributed by atoms with Crippen LogP contribution in [0.2, 0.25) is 0 Å². The molecule has 4 nitrogen and oxygen atoms in total. The van der Waals surface area contributed by atoms with Gasteiger partial charge in [-0.25, -0.2) is 9.98 Å². The van der Waals surface area contributed by atoms with Crippen LogP contribution in [-0.2, 0) is 13.1 Å². The quantitative estimate of drug-likeness (QED) is 0.427. The summed E-state index contributed by atoms with van der Waals surface area (Å²) >= 11 is 3.47. The lowest BCUT2D eigenvalue weighted by Gasteiger charge is -2.09. The average molecular weight is 436 g/mol. The first-order valence-corrected chi connectivity index (χ1v) is 8.35. The van der Waals surface area contributed by atoms with E-state index in [2.05, 4.69) is 52.8 Å². The van der Waals surface area contributed by atoms with Crippen LogP contribution in [0.25, 0.3) is 0 Å². The van der Waals surface area contributed by atoms with E-state index in [9.17, 15) is 0 Å². The Bertz CT molecular complexity index is 577. The number of thiazole rings is 1. The molecule has 0 saturated carbocycles. The second-order valence-electron chi connectivity index (χ2n) is 4.44. The van der Waals surface area contributed by atoms with Gasteiger partial charge in [0.05, 0.1) is 13.1 Å². The molecular formula is C14H21IN4S2. The maximum atomic E-state index is 4.62. The molecule has 0 atom stereocenters. The highest BCUT2D eigenvalue weighted by molar-refractivity contribution is 14.0. The molecule has 0 bridgehead atoms. The first kappa shape index (κ1) is 18.4.